The lowest BCUT2D eigenvalue weighted by Gasteiger charge is -2.08. The molecule has 1 atom stereocenters. The van der Waals surface area contributed by atoms with Crippen LogP contribution in [-0.4, -0.2) is 32.4 Å². The van der Waals surface area contributed by atoms with E-state index < -0.39 is 5.97 Å². The molecular formula is C11H11ClO4. The van der Waals surface area contributed by atoms with Crippen LogP contribution in [0.1, 0.15) is 10.4 Å². The summed E-state index contributed by atoms with van der Waals surface area (Å²) in [7, 11) is 1.31. The van der Waals surface area contributed by atoms with Crippen LogP contribution in [0.3, 0.4) is 0 Å². The molecule has 1 aliphatic heterocycles. The lowest BCUT2D eigenvalue weighted by Crippen LogP contribution is -2.07. The van der Waals surface area contributed by atoms with Gasteiger partial charge in [0.1, 0.15) is 18.5 Å². The van der Waals surface area contributed by atoms with Gasteiger partial charge in [-0.1, -0.05) is 17.7 Å². The normalized spacial score (nSPS) is 18.0. The molecule has 0 amide bonds. The topological polar surface area (TPSA) is 48.1 Å². The van der Waals surface area contributed by atoms with E-state index in [1.165, 1.54) is 7.11 Å². The van der Waals surface area contributed by atoms with E-state index >= 15 is 0 Å². The maximum absolute atomic E-state index is 11.4. The predicted molar refractivity (Wildman–Crippen MR) is 58.0 cm³/mol. The van der Waals surface area contributed by atoms with Gasteiger partial charge in [0.2, 0.25) is 0 Å². The first-order valence-corrected chi connectivity index (χ1v) is 5.21. The summed E-state index contributed by atoms with van der Waals surface area (Å²) < 4.78 is 15.0. The van der Waals surface area contributed by atoms with Crippen LogP contribution in [0.4, 0.5) is 0 Å². The number of halogens is 1. The van der Waals surface area contributed by atoms with Crippen LogP contribution in [0.5, 0.6) is 5.75 Å². The molecule has 4 nitrogen and oxygen atoms in total. The molecule has 0 aliphatic carbocycles. The van der Waals surface area contributed by atoms with Crippen molar-refractivity contribution in [3.63, 3.8) is 0 Å². The molecule has 5 heteroatoms. The number of ether oxygens (including phenoxy) is 3. The lowest BCUT2D eigenvalue weighted by atomic mass is 10.2. The van der Waals surface area contributed by atoms with Gasteiger partial charge in [-0.2, -0.15) is 0 Å². The molecular weight excluding hydrogens is 232 g/mol. The molecule has 1 aromatic rings. The number of esters is 1. The van der Waals surface area contributed by atoms with Gasteiger partial charge in [-0.05, 0) is 12.1 Å². The fraction of sp³-hybridized carbons (Fsp3) is 0.364. The highest BCUT2D eigenvalue weighted by molar-refractivity contribution is 6.35. The Morgan fingerprint density at radius 1 is 1.62 bits per heavy atom. The molecule has 0 spiro atoms. The number of epoxide rings is 1. The third-order valence-electron chi connectivity index (χ3n) is 2.20. The van der Waals surface area contributed by atoms with Gasteiger partial charge in [0.25, 0.3) is 0 Å². The van der Waals surface area contributed by atoms with Crippen molar-refractivity contribution in [3.8, 4) is 5.75 Å². The van der Waals surface area contributed by atoms with Crippen molar-refractivity contribution < 1.29 is 19.0 Å². The third kappa shape index (κ3) is 2.46. The minimum Gasteiger partial charge on any atom is -0.489 e. The summed E-state index contributed by atoms with van der Waals surface area (Å²) in [6, 6.07) is 4.99. The first kappa shape index (κ1) is 11.2. The van der Waals surface area contributed by atoms with Gasteiger partial charge >= 0.3 is 5.97 Å². The van der Waals surface area contributed by atoms with Gasteiger partial charge in [-0.15, -0.1) is 0 Å². The number of methoxy groups -OCH3 is 1. The third-order valence-corrected chi connectivity index (χ3v) is 2.59. The molecule has 1 unspecified atom stereocenters. The standard InChI is InChI=1S/C11H11ClO4/c1-14-11(13)8-3-2-4-9(10(8)12)16-6-7-5-15-7/h2-4,7H,5-6H2,1H3. The van der Waals surface area contributed by atoms with Crippen LogP contribution in [0.15, 0.2) is 18.2 Å². The van der Waals surface area contributed by atoms with Crippen molar-refractivity contribution in [3.05, 3.63) is 28.8 Å². The first-order valence-electron chi connectivity index (χ1n) is 4.83. The molecule has 2 rings (SSSR count). The summed E-state index contributed by atoms with van der Waals surface area (Å²) in [6.45, 7) is 1.17. The molecule has 0 bridgehead atoms. The maximum atomic E-state index is 11.4. The number of hydrogen-bond donors (Lipinski definition) is 0. The summed E-state index contributed by atoms with van der Waals surface area (Å²) in [5.41, 5.74) is 0.304. The Bertz CT molecular complexity index is 401. The van der Waals surface area contributed by atoms with Crippen LogP contribution in [0.2, 0.25) is 5.02 Å². The van der Waals surface area contributed by atoms with E-state index in [2.05, 4.69) is 4.74 Å². The number of hydrogen-bond acceptors (Lipinski definition) is 4. The number of rotatable bonds is 4. The van der Waals surface area contributed by atoms with E-state index in [4.69, 9.17) is 21.1 Å². The van der Waals surface area contributed by atoms with Crippen molar-refractivity contribution in [2.24, 2.45) is 0 Å². The zero-order chi connectivity index (χ0) is 11.5. The van der Waals surface area contributed by atoms with Gasteiger partial charge < -0.3 is 14.2 Å². The van der Waals surface area contributed by atoms with Gasteiger partial charge in [0, 0.05) is 0 Å². The van der Waals surface area contributed by atoms with Gasteiger partial charge in [-0.3, -0.25) is 0 Å². The van der Waals surface area contributed by atoms with Crippen LogP contribution < -0.4 is 4.74 Å². The number of benzene rings is 1. The summed E-state index contributed by atoms with van der Waals surface area (Å²) in [6.07, 6.45) is 0.151. The number of carbonyl (C=O) groups excluding carboxylic acids is 1. The Morgan fingerprint density at radius 2 is 2.38 bits per heavy atom. The lowest BCUT2D eigenvalue weighted by molar-refractivity contribution is 0.0600. The van der Waals surface area contributed by atoms with Gasteiger partial charge in [0.05, 0.1) is 24.3 Å². The highest BCUT2D eigenvalue weighted by Gasteiger charge is 2.24. The average molecular weight is 243 g/mol. The molecule has 0 saturated carbocycles. The Morgan fingerprint density at radius 3 is 3.00 bits per heavy atom. The van der Waals surface area contributed by atoms with Crippen molar-refractivity contribution in [2.75, 3.05) is 20.3 Å². The largest absolute Gasteiger partial charge is 0.489 e. The van der Waals surface area contributed by atoms with Crippen LogP contribution in [0, 0.1) is 0 Å². The highest BCUT2D eigenvalue weighted by Crippen LogP contribution is 2.29. The average Bonchev–Trinajstić information content (AvgIpc) is 3.10. The minimum absolute atomic E-state index is 0.151. The molecule has 1 saturated heterocycles. The summed E-state index contributed by atoms with van der Waals surface area (Å²) >= 11 is 6.02. The molecule has 86 valence electrons. The van der Waals surface area contributed by atoms with Crippen LogP contribution in [-0.2, 0) is 9.47 Å². The Kier molecular flexibility index (Phi) is 3.31. The molecule has 16 heavy (non-hydrogen) atoms. The van der Waals surface area contributed by atoms with Crippen LogP contribution >= 0.6 is 11.6 Å². The van der Waals surface area contributed by atoms with Crippen molar-refractivity contribution >= 4 is 17.6 Å². The molecule has 0 radical (unpaired) electrons. The minimum atomic E-state index is -0.474. The number of carbonyl (C=O) groups is 1. The summed E-state index contributed by atoms with van der Waals surface area (Å²) in [4.78, 5) is 11.4. The predicted octanol–water partition coefficient (Wildman–Crippen LogP) is 1.90. The van der Waals surface area contributed by atoms with Gasteiger partial charge in [-0.25, -0.2) is 4.79 Å². The smallest absolute Gasteiger partial charge is 0.339 e. The molecule has 0 aromatic heterocycles. The SMILES string of the molecule is COC(=O)c1cccc(OCC2CO2)c1Cl. The van der Waals surface area contributed by atoms with E-state index in [1.807, 2.05) is 0 Å². The molecule has 1 aromatic carbocycles. The van der Waals surface area contributed by atoms with Crippen molar-refractivity contribution in [2.45, 2.75) is 6.10 Å². The Balaban J connectivity index is 2.14. The Labute approximate surface area is 98.1 Å². The van der Waals surface area contributed by atoms with Crippen molar-refractivity contribution in [1.29, 1.82) is 0 Å². The van der Waals surface area contributed by atoms with Gasteiger partial charge in [0.15, 0.2) is 0 Å². The fourth-order valence-corrected chi connectivity index (χ4v) is 1.49. The molecule has 1 aliphatic rings. The summed E-state index contributed by atoms with van der Waals surface area (Å²) in [5.74, 6) is -0.00168. The Hall–Kier alpha value is -1.26. The fourth-order valence-electron chi connectivity index (χ4n) is 1.24. The molecule has 0 N–H and O–H groups in total. The van der Waals surface area contributed by atoms with E-state index in [0.29, 0.717) is 24.5 Å². The van der Waals surface area contributed by atoms with E-state index in [-0.39, 0.29) is 11.1 Å². The van der Waals surface area contributed by atoms with E-state index in [0.717, 1.165) is 0 Å². The second-order valence-electron chi connectivity index (χ2n) is 3.38. The second-order valence-corrected chi connectivity index (χ2v) is 3.75. The molecule has 1 heterocycles. The molecule has 1 fully saturated rings. The quantitative estimate of drug-likeness (QED) is 0.598. The second kappa shape index (κ2) is 4.72. The van der Waals surface area contributed by atoms with E-state index in [1.54, 1.807) is 18.2 Å². The highest BCUT2D eigenvalue weighted by atomic mass is 35.5. The maximum Gasteiger partial charge on any atom is 0.339 e. The zero-order valence-corrected chi connectivity index (χ0v) is 9.49. The monoisotopic (exact) mass is 242 g/mol. The van der Waals surface area contributed by atoms with E-state index in [9.17, 15) is 4.79 Å². The summed E-state index contributed by atoms with van der Waals surface area (Å²) in [5, 5.41) is 0.273. The van der Waals surface area contributed by atoms with Crippen LogP contribution in [0.25, 0.3) is 0 Å². The zero-order valence-electron chi connectivity index (χ0n) is 8.73. The van der Waals surface area contributed by atoms with Crippen molar-refractivity contribution in [1.82, 2.24) is 0 Å². The first-order chi connectivity index (χ1) is 7.72.